The maximum Gasteiger partial charge on any atom is 0.0815 e. The van der Waals surface area contributed by atoms with Crippen LogP contribution in [0.15, 0.2) is 0 Å². The van der Waals surface area contributed by atoms with Crippen LogP contribution in [-0.2, 0) is 4.84 Å². The number of rotatable bonds is 1. The fraction of sp³-hybridized carbons (Fsp3) is 1.00. The third-order valence-electron chi connectivity index (χ3n) is 1.47. The van der Waals surface area contributed by atoms with Gasteiger partial charge in [0, 0.05) is 13.1 Å². The minimum atomic E-state index is -0.00958. The number of nitrogens with zero attached hydrogens (tertiary/aromatic N) is 1. The van der Waals surface area contributed by atoms with Crippen LogP contribution in [0.1, 0.15) is 33.6 Å². The predicted molar refractivity (Wildman–Crippen MR) is 48.9 cm³/mol. The predicted octanol–water partition coefficient (Wildman–Crippen LogP) is 2.23. The highest BCUT2D eigenvalue weighted by atomic mass is 35.5. The lowest BCUT2D eigenvalue weighted by atomic mass is 10.2. The number of halogens is 1. The third-order valence-corrected chi connectivity index (χ3v) is 1.47. The first kappa shape index (κ1) is 11.2. The van der Waals surface area contributed by atoms with Crippen molar-refractivity contribution < 1.29 is 4.84 Å². The standard InChI is InChI=1S/C8H17NO.ClH/c1-8(2,3)10-9-6-4-5-7-9;/h4-7H2,1-3H3;1H. The molecule has 1 fully saturated rings. The van der Waals surface area contributed by atoms with Crippen LogP contribution in [0.2, 0.25) is 0 Å². The average Bonchev–Trinajstić information content (AvgIpc) is 2.12. The summed E-state index contributed by atoms with van der Waals surface area (Å²) in [5.41, 5.74) is -0.00958. The average molecular weight is 180 g/mol. The Morgan fingerprint density at radius 3 is 1.91 bits per heavy atom. The van der Waals surface area contributed by atoms with Crippen LogP contribution in [-0.4, -0.2) is 23.8 Å². The Bertz CT molecular complexity index is 105. The first-order chi connectivity index (χ1) is 4.58. The van der Waals surface area contributed by atoms with Gasteiger partial charge in [-0.2, -0.15) is 5.06 Å². The second-order valence-corrected chi connectivity index (χ2v) is 3.84. The van der Waals surface area contributed by atoms with Crippen LogP contribution in [0.4, 0.5) is 0 Å². The number of hydroxylamine groups is 2. The molecule has 1 aliphatic rings. The van der Waals surface area contributed by atoms with Crippen molar-refractivity contribution in [2.24, 2.45) is 0 Å². The minimum Gasteiger partial charge on any atom is -0.293 e. The molecule has 1 rings (SSSR count). The smallest absolute Gasteiger partial charge is 0.0815 e. The molecule has 2 nitrogen and oxygen atoms in total. The molecule has 0 bridgehead atoms. The summed E-state index contributed by atoms with van der Waals surface area (Å²) in [7, 11) is 0. The second-order valence-electron chi connectivity index (χ2n) is 3.84. The van der Waals surface area contributed by atoms with Gasteiger partial charge in [0.15, 0.2) is 0 Å². The number of hydrogen-bond acceptors (Lipinski definition) is 2. The molecule has 3 heteroatoms. The topological polar surface area (TPSA) is 12.5 Å². The molecule has 0 N–H and O–H groups in total. The molecule has 1 aliphatic heterocycles. The highest BCUT2D eigenvalue weighted by Gasteiger charge is 2.19. The lowest BCUT2D eigenvalue weighted by Gasteiger charge is -2.25. The maximum atomic E-state index is 5.63. The lowest BCUT2D eigenvalue weighted by molar-refractivity contribution is -0.216. The molecule has 68 valence electrons. The molecule has 1 saturated heterocycles. The number of hydrogen-bond donors (Lipinski definition) is 0. The van der Waals surface area contributed by atoms with Crippen molar-refractivity contribution in [2.75, 3.05) is 13.1 Å². The zero-order chi connectivity index (χ0) is 7.61. The summed E-state index contributed by atoms with van der Waals surface area (Å²) in [5, 5.41) is 2.07. The Morgan fingerprint density at radius 1 is 1.09 bits per heavy atom. The fourth-order valence-electron chi connectivity index (χ4n) is 1.17. The molecule has 11 heavy (non-hydrogen) atoms. The van der Waals surface area contributed by atoms with Crippen molar-refractivity contribution in [2.45, 2.75) is 39.2 Å². The van der Waals surface area contributed by atoms with E-state index in [1.165, 1.54) is 12.8 Å². The minimum absolute atomic E-state index is 0. The molecule has 0 spiro atoms. The van der Waals surface area contributed by atoms with Crippen LogP contribution >= 0.6 is 12.4 Å². The van der Waals surface area contributed by atoms with E-state index in [-0.39, 0.29) is 18.0 Å². The Morgan fingerprint density at radius 2 is 1.55 bits per heavy atom. The summed E-state index contributed by atoms with van der Waals surface area (Å²) in [6, 6.07) is 0. The van der Waals surface area contributed by atoms with E-state index in [9.17, 15) is 0 Å². The molecule has 0 atom stereocenters. The van der Waals surface area contributed by atoms with Crippen molar-refractivity contribution >= 4 is 12.4 Å². The Hall–Kier alpha value is 0.210. The van der Waals surface area contributed by atoms with Gasteiger partial charge in [-0.3, -0.25) is 4.84 Å². The van der Waals surface area contributed by atoms with Crippen LogP contribution in [0.25, 0.3) is 0 Å². The van der Waals surface area contributed by atoms with Gasteiger partial charge >= 0.3 is 0 Å². The molecule has 0 aromatic heterocycles. The van der Waals surface area contributed by atoms with E-state index in [0.717, 1.165) is 13.1 Å². The van der Waals surface area contributed by atoms with Crippen molar-refractivity contribution in [3.63, 3.8) is 0 Å². The summed E-state index contributed by atoms with van der Waals surface area (Å²) >= 11 is 0. The third kappa shape index (κ3) is 4.62. The monoisotopic (exact) mass is 179 g/mol. The van der Waals surface area contributed by atoms with Crippen molar-refractivity contribution in [3.8, 4) is 0 Å². The SMILES string of the molecule is CC(C)(C)ON1CCCC1.Cl. The molecule has 0 saturated carbocycles. The van der Waals surface area contributed by atoms with E-state index in [1.807, 2.05) is 0 Å². The molecule has 0 unspecified atom stereocenters. The van der Waals surface area contributed by atoms with E-state index >= 15 is 0 Å². The van der Waals surface area contributed by atoms with E-state index < -0.39 is 0 Å². The molecular formula is C8H18ClNO. The Labute approximate surface area is 75.3 Å². The van der Waals surface area contributed by atoms with Crippen molar-refractivity contribution in [1.29, 1.82) is 0 Å². The van der Waals surface area contributed by atoms with Gasteiger partial charge in [-0.05, 0) is 33.6 Å². The van der Waals surface area contributed by atoms with E-state index in [4.69, 9.17) is 4.84 Å². The van der Waals surface area contributed by atoms with Gasteiger partial charge in [-0.15, -0.1) is 12.4 Å². The van der Waals surface area contributed by atoms with Gasteiger partial charge in [0.2, 0.25) is 0 Å². The summed E-state index contributed by atoms with van der Waals surface area (Å²) < 4.78 is 0. The summed E-state index contributed by atoms with van der Waals surface area (Å²) in [6.45, 7) is 8.48. The molecule has 0 aromatic rings. The Balaban J connectivity index is 0.000001000. The first-order valence-corrected chi connectivity index (χ1v) is 4.02. The van der Waals surface area contributed by atoms with E-state index in [2.05, 4.69) is 25.8 Å². The van der Waals surface area contributed by atoms with Gasteiger partial charge < -0.3 is 0 Å². The van der Waals surface area contributed by atoms with Crippen LogP contribution in [0.5, 0.6) is 0 Å². The molecule has 1 heterocycles. The lowest BCUT2D eigenvalue weighted by Crippen LogP contribution is -2.31. The van der Waals surface area contributed by atoms with E-state index in [0.29, 0.717) is 0 Å². The van der Waals surface area contributed by atoms with Gasteiger partial charge in [-0.25, -0.2) is 0 Å². The molecular weight excluding hydrogens is 162 g/mol. The quantitative estimate of drug-likeness (QED) is 0.612. The molecule has 0 aromatic carbocycles. The van der Waals surface area contributed by atoms with Gasteiger partial charge in [0.1, 0.15) is 0 Å². The highest BCUT2D eigenvalue weighted by Crippen LogP contribution is 2.15. The van der Waals surface area contributed by atoms with Crippen LogP contribution < -0.4 is 0 Å². The Kier molecular flexibility index (Phi) is 4.37. The molecule has 0 amide bonds. The van der Waals surface area contributed by atoms with Crippen molar-refractivity contribution in [3.05, 3.63) is 0 Å². The van der Waals surface area contributed by atoms with Gasteiger partial charge in [-0.1, -0.05) is 0 Å². The fourth-order valence-corrected chi connectivity index (χ4v) is 1.17. The zero-order valence-corrected chi connectivity index (χ0v) is 8.41. The summed E-state index contributed by atoms with van der Waals surface area (Å²) in [4.78, 5) is 5.63. The van der Waals surface area contributed by atoms with E-state index in [1.54, 1.807) is 0 Å². The molecule has 0 aliphatic carbocycles. The van der Waals surface area contributed by atoms with Crippen molar-refractivity contribution in [1.82, 2.24) is 5.06 Å². The first-order valence-electron chi connectivity index (χ1n) is 4.02. The van der Waals surface area contributed by atoms with Gasteiger partial charge in [0.05, 0.1) is 5.60 Å². The van der Waals surface area contributed by atoms with Gasteiger partial charge in [0.25, 0.3) is 0 Å². The maximum absolute atomic E-state index is 5.63. The van der Waals surface area contributed by atoms with Crippen LogP contribution in [0, 0.1) is 0 Å². The second kappa shape index (κ2) is 4.29. The van der Waals surface area contributed by atoms with Crippen LogP contribution in [0.3, 0.4) is 0 Å². The summed E-state index contributed by atoms with van der Waals surface area (Å²) in [6.07, 6.45) is 2.58. The summed E-state index contributed by atoms with van der Waals surface area (Å²) in [5.74, 6) is 0. The largest absolute Gasteiger partial charge is 0.293 e. The normalized spacial score (nSPS) is 19.9. The highest BCUT2D eigenvalue weighted by molar-refractivity contribution is 5.85. The molecule has 0 radical (unpaired) electrons. The zero-order valence-electron chi connectivity index (χ0n) is 7.59.